The standard InChI is InChI=1S/C17H24ClN5O/c1-11-13(15(18)22(2)21-11)10-23-9-4-3-8-14(23)17-20-19-16(24-17)12-6-5-7-12/h12,14H,3-10H2,1-2H3/t14-/m0/s1. The van der Waals surface area contributed by atoms with E-state index in [0.29, 0.717) is 5.92 Å². The lowest BCUT2D eigenvalue weighted by molar-refractivity contribution is 0.115. The van der Waals surface area contributed by atoms with Gasteiger partial charge in [0, 0.05) is 25.1 Å². The first-order valence-corrected chi connectivity index (χ1v) is 9.26. The molecule has 2 fully saturated rings. The maximum absolute atomic E-state index is 6.42. The maximum Gasteiger partial charge on any atom is 0.233 e. The summed E-state index contributed by atoms with van der Waals surface area (Å²) in [7, 11) is 1.88. The Balaban J connectivity index is 1.55. The van der Waals surface area contributed by atoms with Crippen LogP contribution < -0.4 is 0 Å². The highest BCUT2D eigenvalue weighted by atomic mass is 35.5. The molecule has 1 saturated carbocycles. The molecule has 6 nitrogen and oxygen atoms in total. The van der Waals surface area contributed by atoms with Crippen LogP contribution in [0.1, 0.15) is 73.5 Å². The van der Waals surface area contributed by atoms with Gasteiger partial charge in [-0.2, -0.15) is 5.10 Å². The van der Waals surface area contributed by atoms with Crippen LogP contribution in [-0.2, 0) is 13.6 Å². The number of hydrogen-bond acceptors (Lipinski definition) is 5. The van der Waals surface area contributed by atoms with Crippen LogP contribution in [-0.4, -0.2) is 31.4 Å². The Kier molecular flexibility index (Phi) is 4.35. The number of aromatic nitrogens is 4. The van der Waals surface area contributed by atoms with E-state index < -0.39 is 0 Å². The van der Waals surface area contributed by atoms with Gasteiger partial charge in [-0.05, 0) is 39.2 Å². The van der Waals surface area contributed by atoms with Gasteiger partial charge in [-0.3, -0.25) is 9.58 Å². The Labute approximate surface area is 147 Å². The molecule has 1 aliphatic heterocycles. The minimum absolute atomic E-state index is 0.191. The van der Waals surface area contributed by atoms with Gasteiger partial charge in [-0.1, -0.05) is 24.4 Å². The third kappa shape index (κ3) is 2.86. The zero-order valence-corrected chi connectivity index (χ0v) is 15.1. The fraction of sp³-hybridized carbons (Fsp3) is 0.706. The van der Waals surface area contributed by atoms with Crippen molar-refractivity contribution in [1.29, 1.82) is 0 Å². The van der Waals surface area contributed by atoms with Gasteiger partial charge in [0.25, 0.3) is 0 Å². The van der Waals surface area contributed by atoms with Crippen molar-refractivity contribution < 1.29 is 4.42 Å². The first kappa shape index (κ1) is 16.1. The van der Waals surface area contributed by atoms with Gasteiger partial charge in [0.15, 0.2) is 0 Å². The number of likely N-dealkylation sites (tertiary alicyclic amines) is 1. The summed E-state index contributed by atoms with van der Waals surface area (Å²) < 4.78 is 7.79. The number of piperidine rings is 1. The fourth-order valence-electron chi connectivity index (χ4n) is 3.72. The van der Waals surface area contributed by atoms with E-state index in [1.165, 1.54) is 32.1 Å². The highest BCUT2D eigenvalue weighted by molar-refractivity contribution is 6.30. The predicted octanol–water partition coefficient (Wildman–Crippen LogP) is 3.76. The van der Waals surface area contributed by atoms with Crippen LogP contribution in [0.15, 0.2) is 4.42 Å². The predicted molar refractivity (Wildman–Crippen MR) is 90.8 cm³/mol. The van der Waals surface area contributed by atoms with Crippen LogP contribution in [0.4, 0.5) is 0 Å². The van der Waals surface area contributed by atoms with Crippen LogP contribution in [0, 0.1) is 6.92 Å². The molecule has 2 aromatic rings. The van der Waals surface area contributed by atoms with Crippen molar-refractivity contribution in [2.45, 2.75) is 64.0 Å². The summed E-state index contributed by atoms with van der Waals surface area (Å²) in [5, 5.41) is 13.8. The molecule has 3 heterocycles. The molecule has 1 aliphatic carbocycles. The summed E-state index contributed by atoms with van der Waals surface area (Å²) in [4.78, 5) is 2.41. The Hall–Kier alpha value is -1.40. The Bertz CT molecular complexity index is 721. The normalized spacial score (nSPS) is 22.7. The van der Waals surface area contributed by atoms with Crippen LogP contribution in [0.2, 0.25) is 5.15 Å². The van der Waals surface area contributed by atoms with E-state index in [9.17, 15) is 0 Å². The average Bonchev–Trinajstić information content (AvgIpc) is 3.07. The number of aryl methyl sites for hydroxylation is 2. The number of rotatable bonds is 4. The minimum Gasteiger partial charge on any atom is -0.423 e. The minimum atomic E-state index is 0.191. The summed E-state index contributed by atoms with van der Waals surface area (Å²) in [5.41, 5.74) is 2.09. The van der Waals surface area contributed by atoms with Gasteiger partial charge >= 0.3 is 0 Å². The molecular formula is C17H24ClN5O. The Morgan fingerprint density at radius 1 is 1.12 bits per heavy atom. The monoisotopic (exact) mass is 349 g/mol. The first-order valence-electron chi connectivity index (χ1n) is 8.89. The third-order valence-corrected chi connectivity index (χ3v) is 5.91. The molecule has 0 spiro atoms. The molecule has 130 valence electrons. The molecule has 0 aromatic carbocycles. The van der Waals surface area contributed by atoms with E-state index in [1.54, 1.807) is 4.68 Å². The van der Waals surface area contributed by atoms with E-state index in [1.807, 2.05) is 14.0 Å². The summed E-state index contributed by atoms with van der Waals surface area (Å²) >= 11 is 6.42. The van der Waals surface area contributed by atoms with E-state index in [4.69, 9.17) is 16.0 Å². The zero-order valence-electron chi connectivity index (χ0n) is 14.3. The largest absolute Gasteiger partial charge is 0.423 e. The summed E-state index contributed by atoms with van der Waals surface area (Å²) in [6.07, 6.45) is 7.08. The smallest absolute Gasteiger partial charge is 0.233 e. The molecule has 0 unspecified atom stereocenters. The number of hydrogen-bond donors (Lipinski definition) is 0. The molecule has 2 aromatic heterocycles. The van der Waals surface area contributed by atoms with Crippen molar-refractivity contribution in [3.8, 4) is 0 Å². The summed E-state index contributed by atoms with van der Waals surface area (Å²) in [6, 6.07) is 0.191. The molecule has 1 atom stereocenters. The molecule has 0 bridgehead atoms. The highest BCUT2D eigenvalue weighted by Crippen LogP contribution is 2.38. The molecule has 0 N–H and O–H groups in total. The molecular weight excluding hydrogens is 326 g/mol. The second kappa shape index (κ2) is 6.48. The third-order valence-electron chi connectivity index (χ3n) is 5.44. The zero-order chi connectivity index (χ0) is 16.7. The van der Waals surface area contributed by atoms with Gasteiger partial charge in [0.1, 0.15) is 5.15 Å². The first-order chi connectivity index (χ1) is 11.6. The lowest BCUT2D eigenvalue weighted by Crippen LogP contribution is -2.33. The molecule has 2 aliphatic rings. The summed E-state index contributed by atoms with van der Waals surface area (Å²) in [6.45, 7) is 3.82. The van der Waals surface area contributed by atoms with E-state index in [-0.39, 0.29) is 6.04 Å². The quantitative estimate of drug-likeness (QED) is 0.841. The Morgan fingerprint density at radius 3 is 2.58 bits per heavy atom. The molecule has 0 amide bonds. The molecule has 7 heteroatoms. The second-order valence-corrected chi connectivity index (χ2v) is 7.42. The van der Waals surface area contributed by atoms with Crippen molar-refractivity contribution in [2.75, 3.05) is 6.54 Å². The molecule has 0 radical (unpaired) electrons. The van der Waals surface area contributed by atoms with Gasteiger partial charge in [-0.15, -0.1) is 10.2 Å². The van der Waals surface area contributed by atoms with Crippen LogP contribution in [0.3, 0.4) is 0 Å². The topological polar surface area (TPSA) is 60.0 Å². The maximum atomic E-state index is 6.42. The van der Waals surface area contributed by atoms with Crippen molar-refractivity contribution in [3.63, 3.8) is 0 Å². The lowest BCUT2D eigenvalue weighted by atomic mass is 9.85. The second-order valence-electron chi connectivity index (χ2n) is 7.07. The van der Waals surface area contributed by atoms with Crippen molar-refractivity contribution in [2.24, 2.45) is 7.05 Å². The fourth-order valence-corrected chi connectivity index (χ4v) is 3.95. The molecule has 24 heavy (non-hydrogen) atoms. The molecule has 4 rings (SSSR count). The van der Waals surface area contributed by atoms with Crippen LogP contribution in [0.5, 0.6) is 0 Å². The Morgan fingerprint density at radius 2 is 1.92 bits per heavy atom. The number of halogens is 1. The lowest BCUT2D eigenvalue weighted by Gasteiger charge is -2.33. The van der Waals surface area contributed by atoms with Crippen molar-refractivity contribution in [3.05, 3.63) is 28.2 Å². The van der Waals surface area contributed by atoms with Gasteiger partial charge in [0.2, 0.25) is 11.8 Å². The van der Waals surface area contributed by atoms with Gasteiger partial charge in [0.05, 0.1) is 11.7 Å². The number of nitrogens with zero attached hydrogens (tertiary/aromatic N) is 5. The van der Waals surface area contributed by atoms with Crippen LogP contribution >= 0.6 is 11.6 Å². The van der Waals surface area contributed by atoms with Crippen LogP contribution in [0.25, 0.3) is 0 Å². The van der Waals surface area contributed by atoms with E-state index in [2.05, 4.69) is 20.2 Å². The van der Waals surface area contributed by atoms with E-state index >= 15 is 0 Å². The van der Waals surface area contributed by atoms with Crippen molar-refractivity contribution >= 4 is 11.6 Å². The molecule has 1 saturated heterocycles. The average molecular weight is 350 g/mol. The summed E-state index contributed by atoms with van der Waals surface area (Å²) in [5.74, 6) is 2.09. The SMILES string of the molecule is Cc1nn(C)c(Cl)c1CN1CCCC[C@H]1c1nnc(C2CCC2)o1. The van der Waals surface area contributed by atoms with Gasteiger partial charge < -0.3 is 4.42 Å². The van der Waals surface area contributed by atoms with Crippen molar-refractivity contribution in [1.82, 2.24) is 24.9 Å². The van der Waals surface area contributed by atoms with E-state index in [0.717, 1.165) is 47.7 Å². The highest BCUT2D eigenvalue weighted by Gasteiger charge is 2.32. The van der Waals surface area contributed by atoms with Gasteiger partial charge in [-0.25, -0.2) is 0 Å².